The first-order chi connectivity index (χ1) is 7.48. The van der Waals surface area contributed by atoms with Crippen molar-refractivity contribution in [3.05, 3.63) is 0 Å². The highest BCUT2D eigenvalue weighted by Crippen LogP contribution is 2.20. The number of nitrogens with one attached hydrogen (secondary N) is 1. The molecule has 96 valence electrons. The topological polar surface area (TPSA) is 15.3 Å². The number of rotatable bonds is 5. The molecule has 2 nitrogen and oxygen atoms in total. The highest BCUT2D eigenvalue weighted by Gasteiger charge is 2.28. The Kier molecular flexibility index (Phi) is 5.26. The van der Waals surface area contributed by atoms with E-state index in [-0.39, 0.29) is 0 Å². The average Bonchev–Trinajstić information content (AvgIpc) is 2.17. The Labute approximate surface area is 102 Å². The molecule has 1 aliphatic rings. The molecule has 1 aliphatic heterocycles. The van der Waals surface area contributed by atoms with E-state index in [1.165, 1.54) is 38.8 Å². The second-order valence-corrected chi connectivity index (χ2v) is 5.98. The van der Waals surface area contributed by atoms with Crippen molar-refractivity contribution >= 4 is 0 Å². The molecule has 0 spiro atoms. The first kappa shape index (κ1) is 14.0. The Morgan fingerprint density at radius 2 is 2.00 bits per heavy atom. The van der Waals surface area contributed by atoms with E-state index in [0.717, 1.165) is 12.1 Å². The quantitative estimate of drug-likeness (QED) is 0.775. The van der Waals surface area contributed by atoms with Gasteiger partial charge in [-0.3, -0.25) is 0 Å². The van der Waals surface area contributed by atoms with Crippen LogP contribution in [0.3, 0.4) is 0 Å². The minimum absolute atomic E-state index is 0.313. The van der Waals surface area contributed by atoms with E-state index in [1.54, 1.807) is 0 Å². The van der Waals surface area contributed by atoms with Crippen molar-refractivity contribution in [1.82, 2.24) is 10.2 Å². The molecular weight excluding hydrogens is 196 g/mol. The third-order valence-corrected chi connectivity index (χ3v) is 3.89. The molecule has 1 rings (SSSR count). The maximum atomic E-state index is 3.84. The number of nitrogens with zero attached hydrogens (tertiary/aromatic N) is 1. The smallest absolute Gasteiger partial charge is 0.0127 e. The zero-order valence-electron chi connectivity index (χ0n) is 11.8. The fraction of sp³-hybridized carbons (Fsp3) is 1.00. The van der Waals surface area contributed by atoms with Crippen LogP contribution in [0.4, 0.5) is 0 Å². The van der Waals surface area contributed by atoms with Gasteiger partial charge in [0.15, 0.2) is 0 Å². The van der Waals surface area contributed by atoms with E-state index < -0.39 is 0 Å². The van der Waals surface area contributed by atoms with Gasteiger partial charge in [-0.2, -0.15) is 0 Å². The first-order valence-electron chi connectivity index (χ1n) is 7.00. The van der Waals surface area contributed by atoms with Crippen molar-refractivity contribution in [3.8, 4) is 0 Å². The predicted octanol–water partition coefficient (Wildman–Crippen LogP) is 3.03. The highest BCUT2D eigenvalue weighted by atomic mass is 15.2. The monoisotopic (exact) mass is 226 g/mol. The fourth-order valence-electron chi connectivity index (χ4n) is 3.07. The number of hydrogen-bond donors (Lipinski definition) is 1. The lowest BCUT2D eigenvalue weighted by Crippen LogP contribution is -2.53. The summed E-state index contributed by atoms with van der Waals surface area (Å²) in [4.78, 5) is 2.59. The van der Waals surface area contributed by atoms with Crippen LogP contribution < -0.4 is 5.32 Å². The molecule has 0 bridgehead atoms. The molecule has 16 heavy (non-hydrogen) atoms. The van der Waals surface area contributed by atoms with Crippen LogP contribution in [0.5, 0.6) is 0 Å². The number of hydrogen-bond acceptors (Lipinski definition) is 2. The van der Waals surface area contributed by atoms with Gasteiger partial charge in [-0.25, -0.2) is 0 Å². The fourth-order valence-corrected chi connectivity index (χ4v) is 3.07. The molecule has 1 fully saturated rings. The average molecular weight is 226 g/mol. The lowest BCUT2D eigenvalue weighted by atomic mass is 9.92. The van der Waals surface area contributed by atoms with Crippen LogP contribution in [0.15, 0.2) is 0 Å². The molecule has 0 radical (unpaired) electrons. The van der Waals surface area contributed by atoms with Crippen LogP contribution in [0, 0.1) is 0 Å². The maximum Gasteiger partial charge on any atom is 0.0127 e. The van der Waals surface area contributed by atoms with Gasteiger partial charge in [0.05, 0.1) is 0 Å². The van der Waals surface area contributed by atoms with Gasteiger partial charge in [0.1, 0.15) is 0 Å². The molecule has 1 heterocycles. The molecule has 0 saturated carbocycles. The van der Waals surface area contributed by atoms with Crippen molar-refractivity contribution in [2.24, 2.45) is 0 Å². The minimum atomic E-state index is 0.313. The van der Waals surface area contributed by atoms with Gasteiger partial charge in [-0.1, -0.05) is 20.3 Å². The summed E-state index contributed by atoms with van der Waals surface area (Å²) in [7, 11) is 0. The minimum Gasteiger partial charge on any atom is -0.309 e. The summed E-state index contributed by atoms with van der Waals surface area (Å²) < 4.78 is 0. The van der Waals surface area contributed by atoms with Crippen LogP contribution >= 0.6 is 0 Å². The lowest BCUT2D eigenvalue weighted by molar-refractivity contribution is 0.128. The SMILES string of the molecule is CCCC(C)(C)NC1CCN(CC)C(C)C1. The standard InChI is InChI=1S/C14H30N2/c1-6-9-14(4,5)15-13-8-10-16(7-2)12(3)11-13/h12-13,15H,6-11H2,1-5H3. The molecular formula is C14H30N2. The molecule has 2 atom stereocenters. The molecule has 0 amide bonds. The van der Waals surface area contributed by atoms with Crippen LogP contribution in [-0.4, -0.2) is 35.6 Å². The van der Waals surface area contributed by atoms with Gasteiger partial charge >= 0.3 is 0 Å². The summed E-state index contributed by atoms with van der Waals surface area (Å²) >= 11 is 0. The molecule has 0 aromatic rings. The Bertz CT molecular complexity index is 201. The van der Waals surface area contributed by atoms with Crippen LogP contribution in [0.2, 0.25) is 0 Å². The van der Waals surface area contributed by atoms with Gasteiger partial charge in [0.2, 0.25) is 0 Å². The molecule has 2 heteroatoms. The normalized spacial score (nSPS) is 28.3. The number of piperidine rings is 1. The Morgan fingerprint density at radius 3 is 2.50 bits per heavy atom. The summed E-state index contributed by atoms with van der Waals surface area (Å²) in [5.41, 5.74) is 0.313. The molecule has 1 saturated heterocycles. The van der Waals surface area contributed by atoms with E-state index in [0.29, 0.717) is 5.54 Å². The van der Waals surface area contributed by atoms with Crippen LogP contribution in [0.25, 0.3) is 0 Å². The van der Waals surface area contributed by atoms with Gasteiger partial charge in [-0.05, 0) is 53.1 Å². The van der Waals surface area contributed by atoms with Gasteiger partial charge in [0, 0.05) is 17.6 Å². The third kappa shape index (κ3) is 4.06. The van der Waals surface area contributed by atoms with Crippen molar-refractivity contribution in [1.29, 1.82) is 0 Å². The maximum absolute atomic E-state index is 3.84. The number of likely N-dealkylation sites (tertiary alicyclic amines) is 1. The molecule has 1 N–H and O–H groups in total. The molecule has 0 aliphatic carbocycles. The van der Waals surface area contributed by atoms with E-state index >= 15 is 0 Å². The second-order valence-electron chi connectivity index (χ2n) is 5.98. The predicted molar refractivity (Wildman–Crippen MR) is 71.9 cm³/mol. The van der Waals surface area contributed by atoms with E-state index in [9.17, 15) is 0 Å². The van der Waals surface area contributed by atoms with Crippen molar-refractivity contribution in [3.63, 3.8) is 0 Å². The second kappa shape index (κ2) is 6.02. The Hall–Kier alpha value is -0.0800. The molecule has 2 unspecified atom stereocenters. The van der Waals surface area contributed by atoms with E-state index in [1.807, 2.05) is 0 Å². The van der Waals surface area contributed by atoms with E-state index in [4.69, 9.17) is 0 Å². The summed E-state index contributed by atoms with van der Waals surface area (Å²) in [6.07, 6.45) is 5.16. The highest BCUT2D eigenvalue weighted by molar-refractivity contribution is 4.88. The summed E-state index contributed by atoms with van der Waals surface area (Å²) in [6.45, 7) is 14.0. The lowest BCUT2D eigenvalue weighted by Gasteiger charge is -2.41. The largest absolute Gasteiger partial charge is 0.309 e. The third-order valence-electron chi connectivity index (χ3n) is 3.89. The summed E-state index contributed by atoms with van der Waals surface area (Å²) in [5.74, 6) is 0. The van der Waals surface area contributed by atoms with Crippen LogP contribution in [-0.2, 0) is 0 Å². The van der Waals surface area contributed by atoms with Gasteiger partial charge in [-0.15, -0.1) is 0 Å². The van der Waals surface area contributed by atoms with E-state index in [2.05, 4.69) is 44.8 Å². The van der Waals surface area contributed by atoms with Crippen molar-refractivity contribution < 1.29 is 0 Å². The molecule has 0 aromatic carbocycles. The van der Waals surface area contributed by atoms with Crippen molar-refractivity contribution in [2.45, 2.75) is 77.9 Å². The molecule has 0 aromatic heterocycles. The van der Waals surface area contributed by atoms with Gasteiger partial charge in [0.25, 0.3) is 0 Å². The Balaban J connectivity index is 2.40. The summed E-state index contributed by atoms with van der Waals surface area (Å²) in [6, 6.07) is 1.47. The van der Waals surface area contributed by atoms with Crippen LogP contribution in [0.1, 0.15) is 60.3 Å². The Morgan fingerprint density at radius 1 is 1.31 bits per heavy atom. The van der Waals surface area contributed by atoms with Crippen molar-refractivity contribution in [2.75, 3.05) is 13.1 Å². The first-order valence-corrected chi connectivity index (χ1v) is 7.00. The van der Waals surface area contributed by atoms with Gasteiger partial charge < -0.3 is 10.2 Å². The zero-order valence-corrected chi connectivity index (χ0v) is 11.8. The summed E-state index contributed by atoms with van der Waals surface area (Å²) in [5, 5.41) is 3.84. The zero-order chi connectivity index (χ0) is 12.2.